The van der Waals surface area contributed by atoms with Crippen LogP contribution < -0.4 is 4.74 Å². The molecule has 76 valence electrons. The van der Waals surface area contributed by atoms with Crippen molar-refractivity contribution in [1.82, 2.24) is 0 Å². The fraction of sp³-hybridized carbons (Fsp3) is 0.100. The summed E-state index contributed by atoms with van der Waals surface area (Å²) in [6, 6.07) is 8.62. The molecule has 0 fully saturated rings. The van der Waals surface area contributed by atoms with Gasteiger partial charge in [0, 0.05) is 11.6 Å². The molecule has 1 rings (SSSR count). The fourth-order valence-electron chi connectivity index (χ4n) is 1.00. The fourth-order valence-corrected chi connectivity index (χ4v) is 1.00. The Balaban J connectivity index is 2.86. The normalized spacial score (nSPS) is 9.80. The summed E-state index contributed by atoms with van der Waals surface area (Å²) in [5.41, 5.74) is 0.574. The van der Waals surface area contributed by atoms with E-state index in [4.69, 9.17) is 10.00 Å². The zero-order valence-corrected chi connectivity index (χ0v) is 7.79. The summed E-state index contributed by atoms with van der Waals surface area (Å²) in [5.74, 6) is 0.456. The molecule has 0 saturated carbocycles. The monoisotopic (exact) mass is 204 g/mol. The third kappa shape index (κ3) is 3.48. The molecule has 15 heavy (non-hydrogen) atoms. The van der Waals surface area contributed by atoms with E-state index in [2.05, 4.69) is 0 Å². The van der Waals surface area contributed by atoms with Crippen molar-refractivity contribution in [3.8, 4) is 11.8 Å². The molecule has 5 heteroatoms. The van der Waals surface area contributed by atoms with Gasteiger partial charge >= 0.3 is 0 Å². The predicted molar refractivity (Wildman–Crippen MR) is 53.6 cm³/mol. The van der Waals surface area contributed by atoms with Gasteiger partial charge in [-0.25, -0.2) is 0 Å². The smallest absolute Gasteiger partial charge is 0.235 e. The van der Waals surface area contributed by atoms with Crippen LogP contribution in [0.1, 0.15) is 5.56 Å². The lowest BCUT2D eigenvalue weighted by Crippen LogP contribution is -1.95. The highest BCUT2D eigenvalue weighted by Crippen LogP contribution is 2.19. The number of nitriles is 1. The van der Waals surface area contributed by atoms with Crippen molar-refractivity contribution in [3.63, 3.8) is 0 Å². The predicted octanol–water partition coefficient (Wildman–Crippen LogP) is 1.84. The summed E-state index contributed by atoms with van der Waals surface area (Å²) in [4.78, 5) is 9.57. The number of hydrogen-bond acceptors (Lipinski definition) is 4. The average molecular weight is 204 g/mol. The number of nitro groups is 1. The van der Waals surface area contributed by atoms with Gasteiger partial charge in [0.05, 0.1) is 4.92 Å². The maximum atomic E-state index is 10.1. The number of benzene rings is 1. The van der Waals surface area contributed by atoms with E-state index in [1.54, 1.807) is 24.3 Å². The van der Waals surface area contributed by atoms with Crippen molar-refractivity contribution in [3.05, 3.63) is 46.1 Å². The Kier molecular flexibility index (Phi) is 3.86. The third-order valence-electron chi connectivity index (χ3n) is 1.59. The molecular weight excluding hydrogens is 196 g/mol. The Hall–Kier alpha value is -2.35. The quantitative estimate of drug-likeness (QED) is 0.553. The second-order valence-corrected chi connectivity index (χ2v) is 2.59. The lowest BCUT2D eigenvalue weighted by Gasteiger charge is -2.03. The van der Waals surface area contributed by atoms with Crippen LogP contribution in [0.4, 0.5) is 0 Å². The van der Waals surface area contributed by atoms with Gasteiger partial charge in [-0.05, 0) is 6.07 Å². The molecule has 0 unspecified atom stereocenters. The third-order valence-corrected chi connectivity index (χ3v) is 1.59. The molecule has 0 aromatic heterocycles. The highest BCUT2D eigenvalue weighted by atomic mass is 16.6. The van der Waals surface area contributed by atoms with Crippen LogP contribution in [-0.2, 0) is 0 Å². The Bertz CT molecular complexity index is 421. The van der Waals surface area contributed by atoms with Crippen molar-refractivity contribution in [2.24, 2.45) is 0 Å². The molecule has 0 aliphatic rings. The zero-order chi connectivity index (χ0) is 11.1. The molecule has 0 spiro atoms. The molecule has 0 N–H and O–H groups in total. The summed E-state index contributed by atoms with van der Waals surface area (Å²) in [6.45, 7) is -0.0800. The molecule has 0 amide bonds. The van der Waals surface area contributed by atoms with Crippen molar-refractivity contribution < 1.29 is 9.66 Å². The molecule has 5 nitrogen and oxygen atoms in total. The van der Waals surface area contributed by atoms with Gasteiger partial charge in [-0.2, -0.15) is 5.26 Å². The largest absolute Gasteiger partial charge is 0.478 e. The number of para-hydroxylation sites is 1. The van der Waals surface area contributed by atoms with Gasteiger partial charge in [0.25, 0.3) is 0 Å². The van der Waals surface area contributed by atoms with Crippen LogP contribution in [0.3, 0.4) is 0 Å². The lowest BCUT2D eigenvalue weighted by atomic mass is 10.2. The molecule has 0 heterocycles. The maximum absolute atomic E-state index is 10.1. The molecule has 0 atom stereocenters. The van der Waals surface area contributed by atoms with Gasteiger partial charge in [0.1, 0.15) is 11.8 Å². The zero-order valence-electron chi connectivity index (χ0n) is 7.79. The highest BCUT2D eigenvalue weighted by molar-refractivity contribution is 5.56. The minimum Gasteiger partial charge on any atom is -0.478 e. The van der Waals surface area contributed by atoms with Crippen LogP contribution in [-0.4, -0.2) is 11.5 Å². The van der Waals surface area contributed by atoms with Crippen LogP contribution in [0.5, 0.6) is 5.75 Å². The van der Waals surface area contributed by atoms with E-state index in [0.717, 1.165) is 6.20 Å². The summed E-state index contributed by atoms with van der Waals surface area (Å²) < 4.78 is 5.08. The van der Waals surface area contributed by atoms with E-state index in [9.17, 15) is 10.1 Å². The first-order valence-electron chi connectivity index (χ1n) is 4.14. The van der Waals surface area contributed by atoms with E-state index in [1.165, 1.54) is 6.08 Å². The van der Waals surface area contributed by atoms with Crippen molar-refractivity contribution in [2.45, 2.75) is 0 Å². The highest BCUT2D eigenvalue weighted by Gasteiger charge is 2.00. The standard InChI is InChI=1S/C10H8N2O3/c11-6-8-15-10-4-2-1-3-9(10)5-7-12(13)14/h1-5,7H,8H2/b7-5+. The minimum absolute atomic E-state index is 0.0800. The van der Waals surface area contributed by atoms with Crippen molar-refractivity contribution >= 4 is 6.08 Å². The SMILES string of the molecule is N#CCOc1ccccc1/C=C/[N+](=O)[O-]. The molecule has 0 aliphatic heterocycles. The van der Waals surface area contributed by atoms with Gasteiger partial charge < -0.3 is 4.74 Å². The number of nitrogens with zero attached hydrogens (tertiary/aromatic N) is 2. The Labute approximate surface area is 86.4 Å². The average Bonchev–Trinajstić information content (AvgIpc) is 2.24. The van der Waals surface area contributed by atoms with Gasteiger partial charge in [-0.3, -0.25) is 10.1 Å². The van der Waals surface area contributed by atoms with E-state index in [1.807, 2.05) is 6.07 Å². The van der Waals surface area contributed by atoms with Gasteiger partial charge in [0.2, 0.25) is 6.20 Å². The lowest BCUT2D eigenvalue weighted by molar-refractivity contribution is -0.400. The first-order chi connectivity index (χ1) is 7.24. The molecule has 0 bridgehead atoms. The molecule has 1 aromatic rings. The number of rotatable bonds is 4. The van der Waals surface area contributed by atoms with Gasteiger partial charge in [-0.1, -0.05) is 18.2 Å². The number of ether oxygens (including phenoxy) is 1. The summed E-state index contributed by atoms with van der Waals surface area (Å²) >= 11 is 0. The van der Waals surface area contributed by atoms with E-state index >= 15 is 0 Å². The molecule has 0 radical (unpaired) electrons. The summed E-state index contributed by atoms with van der Waals surface area (Å²) in [5, 5.41) is 18.5. The van der Waals surface area contributed by atoms with Crippen molar-refractivity contribution in [2.75, 3.05) is 6.61 Å². The van der Waals surface area contributed by atoms with Crippen molar-refractivity contribution in [1.29, 1.82) is 5.26 Å². The maximum Gasteiger partial charge on any atom is 0.235 e. The number of hydrogen-bond donors (Lipinski definition) is 0. The first kappa shape index (κ1) is 10.7. The van der Waals surface area contributed by atoms with Gasteiger partial charge in [0.15, 0.2) is 6.61 Å². The Morgan fingerprint density at radius 2 is 2.27 bits per heavy atom. The van der Waals surface area contributed by atoms with Crippen LogP contribution in [0.2, 0.25) is 0 Å². The molecular formula is C10H8N2O3. The van der Waals surface area contributed by atoms with Gasteiger partial charge in [-0.15, -0.1) is 0 Å². The van der Waals surface area contributed by atoms with E-state index in [0.29, 0.717) is 11.3 Å². The summed E-state index contributed by atoms with van der Waals surface area (Å²) in [7, 11) is 0. The molecule has 0 saturated heterocycles. The van der Waals surface area contributed by atoms with Crippen LogP contribution in [0.15, 0.2) is 30.5 Å². The van der Waals surface area contributed by atoms with Crippen LogP contribution in [0.25, 0.3) is 6.08 Å². The second-order valence-electron chi connectivity index (χ2n) is 2.59. The van der Waals surface area contributed by atoms with Crippen LogP contribution >= 0.6 is 0 Å². The molecule has 0 aliphatic carbocycles. The minimum atomic E-state index is -0.554. The topological polar surface area (TPSA) is 76.2 Å². The Morgan fingerprint density at radius 3 is 2.93 bits per heavy atom. The van der Waals surface area contributed by atoms with Crippen LogP contribution in [0, 0.1) is 21.4 Å². The van der Waals surface area contributed by atoms with E-state index < -0.39 is 4.92 Å². The first-order valence-corrected chi connectivity index (χ1v) is 4.14. The summed E-state index contributed by atoms with van der Waals surface area (Å²) in [6.07, 6.45) is 2.15. The molecule has 1 aromatic carbocycles. The Morgan fingerprint density at radius 1 is 1.53 bits per heavy atom. The van der Waals surface area contributed by atoms with E-state index in [-0.39, 0.29) is 6.61 Å². The second kappa shape index (κ2) is 5.40.